The topological polar surface area (TPSA) is 108 Å². The number of urea groups is 1. The maximum atomic E-state index is 14.6. The first-order chi connectivity index (χ1) is 19.1. The summed E-state index contributed by atoms with van der Waals surface area (Å²) in [6.07, 6.45) is 3.93. The van der Waals surface area contributed by atoms with E-state index in [-0.39, 0.29) is 31.3 Å². The van der Waals surface area contributed by atoms with Crippen molar-refractivity contribution in [3.05, 3.63) is 59.7 Å². The number of likely N-dealkylation sites (N-methyl/N-ethyl adjacent to an activating group) is 1. The molecule has 2 aliphatic heterocycles. The molecule has 2 aliphatic rings. The Morgan fingerprint density at radius 1 is 1.10 bits per heavy atom. The number of hydrazone groups is 1. The largest absolute Gasteiger partial charge is 0.483 e. The van der Waals surface area contributed by atoms with Crippen molar-refractivity contribution in [1.82, 2.24) is 29.6 Å². The molecule has 1 saturated heterocycles. The normalized spacial score (nSPS) is 16.7. The SMILES string of the molecule is CN(C)C(=O)CNc1cnn(C)c1-c1cc(OC2CN(C(=O)N3N=CC[C@H]3c3cc(F)cc(F)c3)C2)c(F)cn1. The van der Waals surface area contributed by atoms with Gasteiger partial charge in [-0.25, -0.2) is 23.0 Å². The summed E-state index contributed by atoms with van der Waals surface area (Å²) in [6.45, 7) is 0.368. The van der Waals surface area contributed by atoms with Crippen LogP contribution in [-0.4, -0.2) is 87.6 Å². The van der Waals surface area contributed by atoms with Crippen molar-refractivity contribution in [3.8, 4) is 17.1 Å². The Morgan fingerprint density at radius 3 is 2.52 bits per heavy atom. The first-order valence-electron chi connectivity index (χ1n) is 12.5. The van der Waals surface area contributed by atoms with Crippen molar-refractivity contribution in [1.29, 1.82) is 0 Å². The van der Waals surface area contributed by atoms with E-state index in [9.17, 15) is 22.8 Å². The van der Waals surface area contributed by atoms with Gasteiger partial charge in [-0.1, -0.05) is 0 Å². The number of carbonyl (C=O) groups is 2. The number of carbonyl (C=O) groups excluding carboxylic acids is 2. The number of aryl methyl sites for hydroxylation is 1. The van der Waals surface area contributed by atoms with Crippen LogP contribution in [0.2, 0.25) is 0 Å². The van der Waals surface area contributed by atoms with Crippen LogP contribution in [0.3, 0.4) is 0 Å². The third-order valence-corrected chi connectivity index (χ3v) is 6.64. The highest BCUT2D eigenvalue weighted by Gasteiger charge is 2.39. The Kier molecular flexibility index (Phi) is 7.32. The average molecular weight is 557 g/mol. The lowest BCUT2D eigenvalue weighted by Gasteiger charge is -2.41. The average Bonchev–Trinajstić information content (AvgIpc) is 3.51. The lowest BCUT2D eigenvalue weighted by atomic mass is 10.0. The van der Waals surface area contributed by atoms with E-state index in [1.165, 1.54) is 39.2 Å². The molecule has 0 bridgehead atoms. The molecule has 40 heavy (non-hydrogen) atoms. The van der Waals surface area contributed by atoms with Crippen LogP contribution in [0.1, 0.15) is 18.0 Å². The smallest absolute Gasteiger partial charge is 0.341 e. The highest BCUT2D eigenvalue weighted by molar-refractivity contribution is 5.82. The number of benzene rings is 1. The molecular weight excluding hydrogens is 529 g/mol. The summed E-state index contributed by atoms with van der Waals surface area (Å²) in [4.78, 5) is 32.1. The lowest BCUT2D eigenvalue weighted by molar-refractivity contribution is -0.126. The minimum atomic E-state index is -0.735. The van der Waals surface area contributed by atoms with Gasteiger partial charge in [-0.15, -0.1) is 0 Å². The molecule has 14 heteroatoms. The van der Waals surface area contributed by atoms with Crippen LogP contribution in [0.15, 0.2) is 41.8 Å². The molecule has 3 amide bonds. The fraction of sp³-hybridized carbons (Fsp3) is 0.346. The molecule has 1 N–H and O–H groups in total. The highest BCUT2D eigenvalue weighted by Crippen LogP contribution is 2.33. The number of hydrogen-bond donors (Lipinski definition) is 1. The lowest BCUT2D eigenvalue weighted by Crippen LogP contribution is -2.58. The van der Waals surface area contributed by atoms with Crippen molar-refractivity contribution >= 4 is 23.8 Å². The van der Waals surface area contributed by atoms with E-state index < -0.39 is 35.6 Å². The van der Waals surface area contributed by atoms with Crippen molar-refractivity contribution in [2.45, 2.75) is 18.6 Å². The molecule has 0 unspecified atom stereocenters. The minimum absolute atomic E-state index is 0.0399. The molecule has 0 radical (unpaired) electrons. The second-order valence-corrected chi connectivity index (χ2v) is 9.70. The Balaban J connectivity index is 1.24. The van der Waals surface area contributed by atoms with Gasteiger partial charge in [0.2, 0.25) is 5.91 Å². The number of halogens is 3. The Bertz CT molecular complexity index is 1450. The molecule has 1 fully saturated rings. The van der Waals surface area contributed by atoms with Crippen LogP contribution < -0.4 is 10.1 Å². The molecule has 0 aliphatic carbocycles. The van der Waals surface area contributed by atoms with Crippen LogP contribution in [0.4, 0.5) is 23.7 Å². The Morgan fingerprint density at radius 2 is 1.82 bits per heavy atom. The zero-order valence-corrected chi connectivity index (χ0v) is 22.0. The summed E-state index contributed by atoms with van der Waals surface area (Å²) < 4.78 is 49.5. The standard InChI is InChI=1S/C26H27F3N8O3/c1-34(2)24(38)12-31-21-11-33-35(3)25(21)20-9-23(19(29)10-30-20)40-18-13-36(14-18)26(39)37-22(4-5-32-37)15-6-16(27)8-17(28)7-15/h5-11,18,22,31H,4,12-14H2,1-3H3/t22-/m0/s1. The number of nitrogens with one attached hydrogen (secondary N) is 1. The van der Waals surface area contributed by atoms with Crippen molar-refractivity contribution in [2.75, 3.05) is 39.0 Å². The summed E-state index contributed by atoms with van der Waals surface area (Å²) in [7, 11) is 4.99. The zero-order chi connectivity index (χ0) is 28.6. The van der Waals surface area contributed by atoms with Gasteiger partial charge in [-0.3, -0.25) is 14.5 Å². The zero-order valence-electron chi connectivity index (χ0n) is 22.0. The molecule has 11 nitrogen and oxygen atoms in total. The summed E-state index contributed by atoms with van der Waals surface area (Å²) in [6, 6.07) is 3.49. The number of amides is 3. The number of nitrogens with zero attached hydrogens (tertiary/aromatic N) is 7. The van der Waals surface area contributed by atoms with Crippen molar-refractivity contribution in [3.63, 3.8) is 0 Å². The molecular formula is C26H27F3N8O3. The summed E-state index contributed by atoms with van der Waals surface area (Å²) >= 11 is 0. The molecule has 5 rings (SSSR count). The van der Waals surface area contributed by atoms with E-state index in [4.69, 9.17) is 4.74 Å². The maximum absolute atomic E-state index is 14.6. The van der Waals surface area contributed by atoms with Crippen LogP contribution >= 0.6 is 0 Å². The number of ether oxygens (including phenoxy) is 1. The Labute approximate surface area is 227 Å². The third kappa shape index (κ3) is 5.42. The van der Waals surface area contributed by atoms with Crippen LogP contribution in [0, 0.1) is 17.5 Å². The van der Waals surface area contributed by atoms with E-state index in [0.717, 1.165) is 12.3 Å². The summed E-state index contributed by atoms with van der Waals surface area (Å²) in [5.41, 5.74) is 1.76. The molecule has 1 atom stereocenters. The number of aromatic nitrogens is 3. The first kappa shape index (κ1) is 27.0. The molecule has 4 heterocycles. The number of rotatable bonds is 7. The maximum Gasteiger partial charge on any atom is 0.341 e. The molecule has 210 valence electrons. The van der Waals surface area contributed by atoms with Gasteiger partial charge in [0.15, 0.2) is 11.6 Å². The third-order valence-electron chi connectivity index (χ3n) is 6.64. The summed E-state index contributed by atoms with van der Waals surface area (Å²) in [5.74, 6) is -2.33. The van der Waals surface area contributed by atoms with E-state index in [0.29, 0.717) is 29.1 Å². The molecule has 1 aromatic carbocycles. The van der Waals surface area contributed by atoms with Crippen LogP contribution in [0.5, 0.6) is 5.75 Å². The van der Waals surface area contributed by atoms with E-state index in [1.807, 2.05) is 0 Å². The molecule has 0 spiro atoms. The second kappa shape index (κ2) is 10.9. The molecule has 3 aromatic rings. The van der Waals surface area contributed by atoms with Gasteiger partial charge >= 0.3 is 6.03 Å². The quantitative estimate of drug-likeness (QED) is 0.480. The number of pyridine rings is 1. The van der Waals surface area contributed by atoms with E-state index in [1.54, 1.807) is 32.0 Å². The van der Waals surface area contributed by atoms with Gasteiger partial charge in [-0.2, -0.15) is 10.2 Å². The summed E-state index contributed by atoms with van der Waals surface area (Å²) in [5, 5.41) is 12.5. The predicted octanol–water partition coefficient (Wildman–Crippen LogP) is 3.02. The predicted molar refractivity (Wildman–Crippen MR) is 139 cm³/mol. The van der Waals surface area contributed by atoms with Gasteiger partial charge in [-0.05, 0) is 17.7 Å². The van der Waals surface area contributed by atoms with Crippen LogP contribution in [-0.2, 0) is 11.8 Å². The molecule has 0 saturated carbocycles. The monoisotopic (exact) mass is 556 g/mol. The van der Waals surface area contributed by atoms with E-state index >= 15 is 0 Å². The van der Waals surface area contributed by atoms with Crippen molar-refractivity contribution < 1.29 is 27.5 Å². The molecule has 2 aromatic heterocycles. The minimum Gasteiger partial charge on any atom is -0.483 e. The van der Waals surface area contributed by atoms with Crippen LogP contribution in [0.25, 0.3) is 11.4 Å². The Hall–Kier alpha value is -4.62. The number of hydrogen-bond acceptors (Lipinski definition) is 7. The van der Waals surface area contributed by atoms with Gasteiger partial charge in [0.25, 0.3) is 0 Å². The fourth-order valence-electron chi connectivity index (χ4n) is 4.48. The van der Waals surface area contributed by atoms with Gasteiger partial charge in [0, 0.05) is 45.9 Å². The van der Waals surface area contributed by atoms with E-state index in [2.05, 4.69) is 20.5 Å². The fourth-order valence-corrected chi connectivity index (χ4v) is 4.48. The first-order valence-corrected chi connectivity index (χ1v) is 12.5. The van der Waals surface area contributed by atoms with Gasteiger partial charge in [0.1, 0.15) is 23.4 Å². The number of anilines is 1. The van der Waals surface area contributed by atoms with Gasteiger partial charge in [0.05, 0.1) is 49.5 Å². The highest BCUT2D eigenvalue weighted by atomic mass is 19.1. The second-order valence-electron chi connectivity index (χ2n) is 9.70. The van der Waals surface area contributed by atoms with Crippen molar-refractivity contribution in [2.24, 2.45) is 12.1 Å². The number of likely N-dealkylation sites (tertiary alicyclic amines) is 1. The van der Waals surface area contributed by atoms with Gasteiger partial charge < -0.3 is 19.9 Å².